The Morgan fingerprint density at radius 3 is 2.77 bits per heavy atom. The van der Waals surface area contributed by atoms with E-state index in [1.54, 1.807) is 0 Å². The van der Waals surface area contributed by atoms with Gasteiger partial charge in [-0.3, -0.25) is 0 Å². The van der Waals surface area contributed by atoms with Crippen LogP contribution in [0.2, 0.25) is 0 Å². The molecule has 70 valence electrons. The van der Waals surface area contributed by atoms with E-state index < -0.39 is 5.97 Å². The highest BCUT2D eigenvalue weighted by molar-refractivity contribution is 5.62. The smallest absolute Gasteiger partial charge is 0.211 e. The Morgan fingerprint density at radius 1 is 1.54 bits per heavy atom. The van der Waals surface area contributed by atoms with E-state index in [1.807, 2.05) is 0 Å². The standard InChI is InChI=1S/C8H9NO4/c10-5-6-1-2-7(11)3-9(6)4-8(12)13/h1-3,10H,4-5H2,(H-,11,12,13). The van der Waals surface area contributed by atoms with E-state index in [2.05, 4.69) is 0 Å². The van der Waals surface area contributed by atoms with Crippen LogP contribution in [-0.2, 0) is 17.9 Å². The van der Waals surface area contributed by atoms with Crippen molar-refractivity contribution in [3.8, 4) is 5.75 Å². The second-order valence-electron chi connectivity index (χ2n) is 2.54. The van der Waals surface area contributed by atoms with E-state index in [0.29, 0.717) is 5.69 Å². The Morgan fingerprint density at radius 2 is 2.23 bits per heavy atom. The highest BCUT2D eigenvalue weighted by Gasteiger charge is 2.10. The number of carbonyl (C=O) groups excluding carboxylic acids is 1. The number of carboxylic acids is 1. The predicted octanol–water partition coefficient (Wildman–Crippen LogP) is -2.08. The molecular weight excluding hydrogens is 174 g/mol. The fraction of sp³-hybridized carbons (Fsp3) is 0.250. The number of aliphatic hydroxyl groups is 1. The lowest BCUT2D eigenvalue weighted by molar-refractivity contribution is -0.700. The molecule has 0 unspecified atom stereocenters. The van der Waals surface area contributed by atoms with Crippen LogP contribution in [0.3, 0.4) is 0 Å². The first-order valence-electron chi connectivity index (χ1n) is 3.65. The van der Waals surface area contributed by atoms with Crippen molar-refractivity contribution in [3.05, 3.63) is 24.0 Å². The predicted molar refractivity (Wildman–Crippen MR) is 39.2 cm³/mol. The first-order valence-corrected chi connectivity index (χ1v) is 3.65. The third-order valence-corrected chi connectivity index (χ3v) is 1.56. The Bertz CT molecular complexity index is 324. The summed E-state index contributed by atoms with van der Waals surface area (Å²) in [6.45, 7) is -0.669. The molecule has 5 nitrogen and oxygen atoms in total. The maximum atomic E-state index is 10.3. The van der Waals surface area contributed by atoms with Gasteiger partial charge in [0.1, 0.15) is 12.6 Å². The number of aliphatic carboxylic acids is 1. The minimum absolute atomic E-state index is 0.0570. The second kappa shape index (κ2) is 3.86. The number of hydrogen-bond donors (Lipinski definition) is 2. The van der Waals surface area contributed by atoms with Gasteiger partial charge in [-0.2, -0.15) is 4.57 Å². The topological polar surface area (TPSA) is 84.5 Å². The number of hydrogen-bond acceptors (Lipinski definition) is 4. The minimum Gasteiger partial charge on any atom is -0.544 e. The summed E-state index contributed by atoms with van der Waals surface area (Å²) in [6, 6.07) is 2.82. The fourth-order valence-electron chi connectivity index (χ4n) is 0.993. The lowest BCUT2D eigenvalue weighted by Gasteiger charge is -2.02. The summed E-state index contributed by atoms with van der Waals surface area (Å²) in [5, 5.41) is 28.1. The molecule has 0 aliphatic carbocycles. The number of pyridine rings is 1. The monoisotopic (exact) mass is 183 g/mol. The van der Waals surface area contributed by atoms with E-state index in [1.165, 1.54) is 22.9 Å². The highest BCUT2D eigenvalue weighted by Crippen LogP contribution is 2.04. The molecular formula is C8H9NO4. The molecule has 0 fully saturated rings. The zero-order valence-electron chi connectivity index (χ0n) is 6.80. The molecule has 0 amide bonds. The van der Waals surface area contributed by atoms with Gasteiger partial charge in [-0.15, -0.1) is 0 Å². The van der Waals surface area contributed by atoms with Crippen molar-refractivity contribution in [3.63, 3.8) is 0 Å². The number of nitrogens with zero attached hydrogens (tertiary/aromatic N) is 1. The van der Waals surface area contributed by atoms with Gasteiger partial charge in [0, 0.05) is 6.07 Å². The molecule has 0 atom stereocenters. The average Bonchev–Trinajstić information content (AvgIpc) is 2.03. The molecule has 0 spiro atoms. The summed E-state index contributed by atoms with van der Waals surface area (Å²) in [6.07, 6.45) is 1.22. The van der Waals surface area contributed by atoms with E-state index in [4.69, 9.17) is 10.2 Å². The summed E-state index contributed by atoms with van der Waals surface area (Å²) in [7, 11) is 0. The first-order chi connectivity index (χ1) is 6.13. The number of aliphatic hydroxyl groups excluding tert-OH is 1. The molecule has 1 heterocycles. The van der Waals surface area contributed by atoms with Crippen molar-refractivity contribution in [2.45, 2.75) is 13.2 Å². The molecule has 0 bridgehead atoms. The fourth-order valence-corrected chi connectivity index (χ4v) is 0.993. The number of aromatic nitrogens is 1. The molecule has 1 aromatic heterocycles. The maximum absolute atomic E-state index is 10.3. The van der Waals surface area contributed by atoms with Crippen molar-refractivity contribution < 1.29 is 24.7 Å². The van der Waals surface area contributed by atoms with Crippen LogP contribution in [0.15, 0.2) is 18.3 Å². The van der Waals surface area contributed by atoms with E-state index in [9.17, 15) is 9.90 Å². The van der Waals surface area contributed by atoms with E-state index in [0.717, 1.165) is 0 Å². The third kappa shape index (κ3) is 2.41. The molecule has 0 aromatic carbocycles. The molecule has 0 saturated carbocycles. The third-order valence-electron chi connectivity index (χ3n) is 1.56. The summed E-state index contributed by atoms with van der Waals surface area (Å²) in [5.74, 6) is -1.33. The molecule has 0 aliphatic heterocycles. The minimum atomic E-state index is -1.27. The van der Waals surface area contributed by atoms with E-state index >= 15 is 0 Å². The summed E-state index contributed by atoms with van der Waals surface area (Å²) >= 11 is 0. The van der Waals surface area contributed by atoms with Crippen molar-refractivity contribution in [1.82, 2.24) is 0 Å². The van der Waals surface area contributed by atoms with Gasteiger partial charge in [-0.25, -0.2) is 0 Å². The van der Waals surface area contributed by atoms with Gasteiger partial charge in [-0.05, 0) is 6.07 Å². The van der Waals surface area contributed by atoms with Crippen molar-refractivity contribution in [2.24, 2.45) is 0 Å². The van der Waals surface area contributed by atoms with Crippen molar-refractivity contribution in [1.29, 1.82) is 0 Å². The zero-order valence-corrected chi connectivity index (χ0v) is 6.80. The zero-order chi connectivity index (χ0) is 9.84. The molecule has 5 heteroatoms. The Balaban J connectivity index is 3.01. The number of rotatable bonds is 3. The average molecular weight is 183 g/mol. The molecule has 0 radical (unpaired) electrons. The van der Waals surface area contributed by atoms with E-state index in [-0.39, 0.29) is 18.9 Å². The number of carbonyl (C=O) groups is 1. The Labute approximate surface area is 74.5 Å². The molecule has 2 N–H and O–H groups in total. The van der Waals surface area contributed by atoms with Crippen LogP contribution in [-0.4, -0.2) is 16.2 Å². The van der Waals surface area contributed by atoms with Crippen LogP contribution in [0.25, 0.3) is 0 Å². The van der Waals surface area contributed by atoms with Gasteiger partial charge in [-0.1, -0.05) is 0 Å². The lowest BCUT2D eigenvalue weighted by Crippen LogP contribution is -2.46. The van der Waals surface area contributed by atoms with Crippen LogP contribution in [0, 0.1) is 0 Å². The van der Waals surface area contributed by atoms with Crippen LogP contribution < -0.4 is 9.67 Å². The van der Waals surface area contributed by atoms with Crippen molar-refractivity contribution >= 4 is 5.97 Å². The van der Waals surface area contributed by atoms with Crippen LogP contribution >= 0.6 is 0 Å². The van der Waals surface area contributed by atoms with Gasteiger partial charge in [0.05, 0.1) is 0 Å². The SMILES string of the molecule is O=C([O-])C[n+]1cc(O)ccc1CO. The summed E-state index contributed by atoms with van der Waals surface area (Å²) in [4.78, 5) is 10.3. The largest absolute Gasteiger partial charge is 0.544 e. The van der Waals surface area contributed by atoms with Gasteiger partial charge in [0.25, 0.3) is 0 Å². The summed E-state index contributed by atoms with van der Waals surface area (Å²) < 4.78 is 1.21. The van der Waals surface area contributed by atoms with Crippen LogP contribution in [0.5, 0.6) is 5.75 Å². The molecule has 0 saturated heterocycles. The Hall–Kier alpha value is -1.62. The van der Waals surface area contributed by atoms with Crippen LogP contribution in [0.4, 0.5) is 0 Å². The number of carboxylic acid groups (broad SMARTS) is 1. The van der Waals surface area contributed by atoms with Gasteiger partial charge >= 0.3 is 0 Å². The molecule has 0 aliphatic rings. The maximum Gasteiger partial charge on any atom is 0.211 e. The lowest BCUT2D eigenvalue weighted by atomic mass is 10.3. The highest BCUT2D eigenvalue weighted by atomic mass is 16.4. The molecule has 1 aromatic rings. The molecule has 1 rings (SSSR count). The van der Waals surface area contributed by atoms with Crippen molar-refractivity contribution in [2.75, 3.05) is 0 Å². The quantitative estimate of drug-likeness (QED) is 0.527. The van der Waals surface area contributed by atoms with Gasteiger partial charge in [0.15, 0.2) is 12.3 Å². The number of aromatic hydroxyl groups is 1. The summed E-state index contributed by atoms with van der Waals surface area (Å²) in [5.41, 5.74) is 0.405. The normalized spacial score (nSPS) is 9.92. The Kier molecular flexibility index (Phi) is 2.81. The van der Waals surface area contributed by atoms with Gasteiger partial charge in [0.2, 0.25) is 11.9 Å². The molecule has 13 heavy (non-hydrogen) atoms. The second-order valence-corrected chi connectivity index (χ2v) is 2.54. The first kappa shape index (κ1) is 9.47. The van der Waals surface area contributed by atoms with Crippen LogP contribution in [0.1, 0.15) is 5.69 Å². The van der Waals surface area contributed by atoms with Gasteiger partial charge < -0.3 is 20.1 Å².